The molecule has 0 fully saturated rings. The molecule has 0 bridgehead atoms. The summed E-state index contributed by atoms with van der Waals surface area (Å²) < 4.78 is 0. The largest absolute Gasteiger partial charge is 0.347 e. The van der Waals surface area contributed by atoms with Crippen LogP contribution in [-0.4, -0.2) is 39.0 Å². The van der Waals surface area contributed by atoms with Gasteiger partial charge in [-0.3, -0.25) is 10.2 Å². The van der Waals surface area contributed by atoms with Gasteiger partial charge in [-0.05, 0) is 18.7 Å². The summed E-state index contributed by atoms with van der Waals surface area (Å²) >= 11 is 1.13. The van der Waals surface area contributed by atoms with Gasteiger partial charge in [-0.15, -0.1) is 0 Å². The molecule has 2 aromatic rings. The number of aromatic nitrogens is 5. The lowest BCUT2D eigenvalue weighted by Crippen LogP contribution is -2.18. The zero-order valence-electron chi connectivity index (χ0n) is 11.2. The average Bonchev–Trinajstić information content (AvgIpc) is 2.36. The summed E-state index contributed by atoms with van der Waals surface area (Å²) in [6, 6.07) is 1.41. The lowest BCUT2D eigenvalue weighted by molar-refractivity contribution is 0.851. The third-order valence-corrected chi connectivity index (χ3v) is 2.92. The summed E-state index contributed by atoms with van der Waals surface area (Å²) in [5.74, 6) is 6.01. The summed E-state index contributed by atoms with van der Waals surface area (Å²) in [5.41, 5.74) is 2.77. The van der Waals surface area contributed by atoms with Crippen LogP contribution in [0.1, 0.15) is 5.69 Å². The highest BCUT2D eigenvalue weighted by Crippen LogP contribution is 2.22. The van der Waals surface area contributed by atoms with E-state index in [-0.39, 0.29) is 11.5 Å². The number of rotatable bonds is 4. The highest BCUT2D eigenvalue weighted by molar-refractivity contribution is 7.99. The topological polar surface area (TPSA) is 126 Å². The van der Waals surface area contributed by atoms with Gasteiger partial charge in [-0.2, -0.15) is 15.0 Å². The van der Waals surface area contributed by atoms with Crippen molar-refractivity contribution in [2.24, 2.45) is 5.84 Å². The van der Waals surface area contributed by atoms with Gasteiger partial charge in [0.15, 0.2) is 5.16 Å². The molecular formula is C10H14N8OS. The first-order chi connectivity index (χ1) is 9.47. The molecule has 9 nitrogen and oxygen atoms in total. The molecule has 0 aliphatic rings. The minimum atomic E-state index is -0.223. The first kappa shape index (κ1) is 14.2. The Balaban J connectivity index is 2.37. The molecule has 0 radical (unpaired) electrons. The van der Waals surface area contributed by atoms with E-state index in [4.69, 9.17) is 5.84 Å². The number of anilines is 2. The Labute approximate surface area is 119 Å². The summed E-state index contributed by atoms with van der Waals surface area (Å²) in [6.07, 6.45) is 0. The Kier molecular flexibility index (Phi) is 4.15. The molecule has 106 valence electrons. The van der Waals surface area contributed by atoms with Crippen LogP contribution in [0.4, 0.5) is 11.9 Å². The van der Waals surface area contributed by atoms with E-state index >= 15 is 0 Å². The predicted molar refractivity (Wildman–Crippen MR) is 75.7 cm³/mol. The van der Waals surface area contributed by atoms with Crippen molar-refractivity contribution >= 4 is 23.7 Å². The zero-order chi connectivity index (χ0) is 14.7. The lowest BCUT2D eigenvalue weighted by Gasteiger charge is -2.11. The minimum Gasteiger partial charge on any atom is -0.347 e. The van der Waals surface area contributed by atoms with Crippen LogP contribution in [0.2, 0.25) is 0 Å². The van der Waals surface area contributed by atoms with Crippen LogP contribution in [0, 0.1) is 6.92 Å². The fraction of sp³-hybridized carbons (Fsp3) is 0.300. The Morgan fingerprint density at radius 1 is 1.30 bits per heavy atom. The van der Waals surface area contributed by atoms with Crippen LogP contribution in [0.3, 0.4) is 0 Å². The molecule has 2 aromatic heterocycles. The second-order valence-corrected chi connectivity index (χ2v) is 5.03. The molecule has 2 rings (SSSR count). The van der Waals surface area contributed by atoms with E-state index in [0.717, 1.165) is 11.8 Å². The molecule has 0 aliphatic carbocycles. The number of nitrogens with one attached hydrogen (secondary N) is 2. The van der Waals surface area contributed by atoms with Gasteiger partial charge in [0.2, 0.25) is 17.1 Å². The number of nitrogens with zero attached hydrogens (tertiary/aromatic N) is 5. The number of H-pyrrole nitrogens is 1. The molecule has 0 saturated carbocycles. The standard InChI is InChI=1S/C10H14N8OS/c1-5-4-6(19)13-9(12-5)20-10-15-7(17-11)14-8(16-10)18(2)3/h4H,11H2,1-3H3,(H,12,13,19)(H,14,15,16,17). The monoisotopic (exact) mass is 294 g/mol. The number of nitrogen functional groups attached to an aromatic ring is 1. The van der Waals surface area contributed by atoms with Gasteiger partial charge >= 0.3 is 0 Å². The van der Waals surface area contributed by atoms with Crippen molar-refractivity contribution in [2.45, 2.75) is 17.2 Å². The van der Waals surface area contributed by atoms with Crippen LogP contribution in [0.15, 0.2) is 21.2 Å². The van der Waals surface area contributed by atoms with Gasteiger partial charge in [0.25, 0.3) is 5.56 Å². The van der Waals surface area contributed by atoms with Crippen LogP contribution >= 0.6 is 11.8 Å². The fourth-order valence-electron chi connectivity index (χ4n) is 1.34. The molecule has 0 saturated heterocycles. The smallest absolute Gasteiger partial charge is 0.251 e. The van der Waals surface area contributed by atoms with E-state index < -0.39 is 0 Å². The minimum absolute atomic E-state index is 0.223. The molecule has 0 amide bonds. The number of hydrazine groups is 1. The maximum Gasteiger partial charge on any atom is 0.251 e. The van der Waals surface area contributed by atoms with Crippen molar-refractivity contribution < 1.29 is 0 Å². The van der Waals surface area contributed by atoms with Crippen LogP contribution in [0.5, 0.6) is 0 Å². The van der Waals surface area contributed by atoms with Crippen molar-refractivity contribution in [2.75, 3.05) is 24.4 Å². The molecular weight excluding hydrogens is 280 g/mol. The second-order valence-electron chi connectivity index (χ2n) is 4.07. The predicted octanol–water partition coefficient (Wildman–Crippen LogP) is -0.234. The van der Waals surface area contributed by atoms with Crippen molar-refractivity contribution in [1.82, 2.24) is 24.9 Å². The van der Waals surface area contributed by atoms with Crippen molar-refractivity contribution in [3.63, 3.8) is 0 Å². The highest BCUT2D eigenvalue weighted by Gasteiger charge is 2.10. The van der Waals surface area contributed by atoms with E-state index in [2.05, 4.69) is 30.3 Å². The van der Waals surface area contributed by atoms with Gasteiger partial charge < -0.3 is 9.88 Å². The summed E-state index contributed by atoms with van der Waals surface area (Å²) in [7, 11) is 3.60. The van der Waals surface area contributed by atoms with Crippen LogP contribution < -0.4 is 21.7 Å². The molecule has 10 heteroatoms. The van der Waals surface area contributed by atoms with Crippen molar-refractivity contribution in [3.8, 4) is 0 Å². The summed E-state index contributed by atoms with van der Waals surface area (Å²) in [5, 5.41) is 0.791. The maximum absolute atomic E-state index is 11.4. The number of hydrogen-bond donors (Lipinski definition) is 3. The second kappa shape index (κ2) is 5.84. The number of aryl methyl sites for hydroxylation is 1. The van der Waals surface area contributed by atoms with Gasteiger partial charge in [-0.25, -0.2) is 10.8 Å². The molecule has 0 unspecified atom stereocenters. The summed E-state index contributed by atoms with van der Waals surface area (Å²) in [4.78, 5) is 32.4. The van der Waals surface area contributed by atoms with Crippen molar-refractivity contribution in [3.05, 3.63) is 22.1 Å². The maximum atomic E-state index is 11.4. The van der Waals surface area contributed by atoms with Crippen LogP contribution in [-0.2, 0) is 0 Å². The Bertz CT molecular complexity index is 671. The van der Waals surface area contributed by atoms with Gasteiger partial charge in [-0.1, -0.05) is 0 Å². The quantitative estimate of drug-likeness (QED) is 0.398. The summed E-state index contributed by atoms with van der Waals surface area (Å²) in [6.45, 7) is 1.74. The van der Waals surface area contributed by atoms with Crippen LogP contribution in [0.25, 0.3) is 0 Å². The fourth-order valence-corrected chi connectivity index (χ4v) is 2.12. The first-order valence-electron chi connectivity index (χ1n) is 5.64. The number of aromatic amines is 1. The number of hydrogen-bond acceptors (Lipinski definition) is 9. The molecule has 0 atom stereocenters. The lowest BCUT2D eigenvalue weighted by atomic mass is 10.5. The van der Waals surface area contributed by atoms with Gasteiger partial charge in [0, 0.05) is 25.9 Å². The van der Waals surface area contributed by atoms with Gasteiger partial charge in [0.05, 0.1) is 0 Å². The van der Waals surface area contributed by atoms with E-state index in [1.807, 2.05) is 0 Å². The normalized spacial score (nSPS) is 10.4. The van der Waals surface area contributed by atoms with E-state index in [0.29, 0.717) is 22.0 Å². The highest BCUT2D eigenvalue weighted by atomic mass is 32.2. The zero-order valence-corrected chi connectivity index (χ0v) is 12.0. The SMILES string of the molecule is Cc1cc(=O)[nH]c(Sc2nc(NN)nc(N(C)C)n2)n1. The van der Waals surface area contributed by atoms with E-state index in [1.165, 1.54) is 6.07 Å². The Morgan fingerprint density at radius 2 is 2.05 bits per heavy atom. The molecule has 0 aliphatic heterocycles. The molecule has 4 N–H and O–H groups in total. The Morgan fingerprint density at radius 3 is 2.65 bits per heavy atom. The molecule has 0 spiro atoms. The average molecular weight is 294 g/mol. The van der Waals surface area contributed by atoms with E-state index in [1.54, 1.807) is 25.9 Å². The van der Waals surface area contributed by atoms with E-state index in [9.17, 15) is 4.79 Å². The van der Waals surface area contributed by atoms with Gasteiger partial charge in [0.1, 0.15) is 0 Å². The van der Waals surface area contributed by atoms with Crippen molar-refractivity contribution in [1.29, 1.82) is 0 Å². The molecule has 2 heterocycles. The number of nitrogens with two attached hydrogens (primary N) is 1. The molecule has 0 aromatic carbocycles. The Hall–Kier alpha value is -2.20. The molecule has 20 heavy (non-hydrogen) atoms. The third-order valence-electron chi connectivity index (χ3n) is 2.17. The first-order valence-corrected chi connectivity index (χ1v) is 6.45. The third kappa shape index (κ3) is 3.42.